The van der Waals surface area contributed by atoms with Gasteiger partial charge in [-0.05, 0) is 53.8 Å². The molecule has 0 amide bonds. The summed E-state index contributed by atoms with van der Waals surface area (Å²) in [6, 6.07) is 12.2. The quantitative estimate of drug-likeness (QED) is 0.521. The Balaban J connectivity index is 1.71. The van der Waals surface area contributed by atoms with Crippen LogP contribution in [-0.2, 0) is 11.3 Å². The molecule has 0 radical (unpaired) electrons. The van der Waals surface area contributed by atoms with Crippen LogP contribution in [0, 0.1) is 12.8 Å². The minimum Gasteiger partial charge on any atom is -0.450 e. The predicted octanol–water partition coefficient (Wildman–Crippen LogP) is 5.99. The van der Waals surface area contributed by atoms with Gasteiger partial charge in [-0.2, -0.15) is 0 Å². The molecule has 0 unspecified atom stereocenters. The van der Waals surface area contributed by atoms with Gasteiger partial charge >= 0.3 is 6.16 Å². The van der Waals surface area contributed by atoms with Crippen molar-refractivity contribution in [3.63, 3.8) is 0 Å². The van der Waals surface area contributed by atoms with E-state index in [1.165, 1.54) is 5.56 Å². The minimum absolute atomic E-state index is 0.136. The summed E-state index contributed by atoms with van der Waals surface area (Å²) in [7, 11) is 0. The van der Waals surface area contributed by atoms with E-state index in [9.17, 15) is 4.79 Å². The average Bonchev–Trinajstić information content (AvgIpc) is 2.62. The molecule has 2 aromatic rings. The number of likely N-dealkylation sites (tertiary alicyclic amines) is 1. The Hall–Kier alpha value is -1.95. The molecular weight excluding hydrogens is 411 g/mol. The van der Waals surface area contributed by atoms with Crippen molar-refractivity contribution >= 4 is 35.0 Å². The van der Waals surface area contributed by atoms with E-state index in [-0.39, 0.29) is 12.1 Å². The molecule has 3 rings (SSSR count). The number of ether oxygens (including phenoxy) is 1. The van der Waals surface area contributed by atoms with Crippen LogP contribution in [0.25, 0.3) is 0 Å². The fourth-order valence-electron chi connectivity index (χ4n) is 3.57. The number of hydrogen-bond acceptors (Lipinski definition) is 4. The van der Waals surface area contributed by atoms with Crippen LogP contribution in [-0.4, -0.2) is 35.4 Å². The van der Waals surface area contributed by atoms with E-state index in [1.54, 1.807) is 0 Å². The number of carboxylic acid groups (broad SMARTS) is 1. The molecule has 29 heavy (non-hydrogen) atoms. The zero-order chi connectivity index (χ0) is 21.1. The highest BCUT2D eigenvalue weighted by Crippen LogP contribution is 2.31. The van der Waals surface area contributed by atoms with E-state index in [4.69, 9.17) is 33.0 Å². The second-order valence-electron chi connectivity index (χ2n) is 7.88. The number of halogens is 2. The van der Waals surface area contributed by atoms with Gasteiger partial charge in [-0.25, -0.2) is 4.79 Å². The molecule has 156 valence electrons. The first-order valence-corrected chi connectivity index (χ1v) is 10.4. The fourth-order valence-corrected chi connectivity index (χ4v) is 3.87. The van der Waals surface area contributed by atoms with Gasteiger partial charge in [-0.15, -0.1) is 0 Å². The molecule has 0 aliphatic carbocycles. The molecule has 0 saturated carbocycles. The summed E-state index contributed by atoms with van der Waals surface area (Å²) in [6.07, 6.45) is -1.48. The Kier molecular flexibility index (Phi) is 6.93. The van der Waals surface area contributed by atoms with Crippen molar-refractivity contribution in [2.75, 3.05) is 18.4 Å². The van der Waals surface area contributed by atoms with Gasteiger partial charge in [-0.3, -0.25) is 4.90 Å². The van der Waals surface area contributed by atoms with Crippen LogP contribution < -0.4 is 5.32 Å². The number of rotatable bonds is 7. The Morgan fingerprint density at radius 2 is 1.90 bits per heavy atom. The summed E-state index contributed by atoms with van der Waals surface area (Å²) in [4.78, 5) is 12.7. The minimum atomic E-state index is -1.23. The molecule has 1 aliphatic rings. The zero-order valence-corrected chi connectivity index (χ0v) is 18.3. The highest BCUT2D eigenvalue weighted by Gasteiger charge is 2.30. The van der Waals surface area contributed by atoms with E-state index in [0.29, 0.717) is 30.6 Å². The van der Waals surface area contributed by atoms with E-state index in [1.807, 2.05) is 25.1 Å². The lowest BCUT2D eigenvalue weighted by molar-refractivity contribution is -0.0363. The van der Waals surface area contributed by atoms with Crippen molar-refractivity contribution in [1.82, 2.24) is 4.90 Å². The summed E-state index contributed by atoms with van der Waals surface area (Å²) in [5, 5.41) is 13.8. The smallest absolute Gasteiger partial charge is 0.450 e. The number of anilines is 1. The Bertz CT molecular complexity index is 882. The summed E-state index contributed by atoms with van der Waals surface area (Å²) in [5.41, 5.74) is 4.24. The highest BCUT2D eigenvalue weighted by atomic mass is 35.5. The molecule has 1 atom stereocenters. The molecule has 0 bridgehead atoms. The summed E-state index contributed by atoms with van der Waals surface area (Å²) >= 11 is 12.6. The molecule has 7 heteroatoms. The maximum atomic E-state index is 10.6. The van der Waals surface area contributed by atoms with Crippen LogP contribution in [0.15, 0.2) is 36.4 Å². The van der Waals surface area contributed by atoms with Crippen LogP contribution in [0.2, 0.25) is 10.0 Å². The Morgan fingerprint density at radius 3 is 2.52 bits per heavy atom. The normalized spacial score (nSPS) is 15.8. The number of hydrogen-bond donors (Lipinski definition) is 2. The van der Waals surface area contributed by atoms with Crippen LogP contribution in [0.4, 0.5) is 10.5 Å². The van der Waals surface area contributed by atoms with Crippen LogP contribution >= 0.6 is 23.2 Å². The van der Waals surface area contributed by atoms with Gasteiger partial charge in [0.2, 0.25) is 0 Å². The van der Waals surface area contributed by atoms with Gasteiger partial charge < -0.3 is 15.2 Å². The molecule has 2 aromatic carbocycles. The first kappa shape index (κ1) is 21.8. The first-order chi connectivity index (χ1) is 13.7. The topological polar surface area (TPSA) is 61.8 Å². The van der Waals surface area contributed by atoms with E-state index in [0.717, 1.165) is 21.8 Å². The molecule has 1 saturated heterocycles. The Labute approximate surface area is 181 Å². The van der Waals surface area contributed by atoms with Gasteiger partial charge in [0.05, 0.1) is 6.04 Å². The Morgan fingerprint density at radius 1 is 1.21 bits per heavy atom. The molecule has 0 spiro atoms. The number of carbonyl (C=O) groups is 1. The van der Waals surface area contributed by atoms with Crippen LogP contribution in [0.5, 0.6) is 0 Å². The monoisotopic (exact) mass is 436 g/mol. The molecule has 0 aromatic heterocycles. The molecular formula is C22H26Cl2N2O3. The maximum Gasteiger partial charge on any atom is 0.506 e. The van der Waals surface area contributed by atoms with Gasteiger partial charge in [0.25, 0.3) is 0 Å². The largest absolute Gasteiger partial charge is 0.506 e. The highest BCUT2D eigenvalue weighted by molar-refractivity contribution is 6.31. The van der Waals surface area contributed by atoms with Crippen molar-refractivity contribution in [3.8, 4) is 0 Å². The third-order valence-electron chi connectivity index (χ3n) is 5.16. The van der Waals surface area contributed by atoms with Gasteiger partial charge in [0, 0.05) is 35.4 Å². The standard InChI is InChI=1S/C22H26Cl2N2O3/c1-13(2)21(15-4-6-19(23)14(3)8-15)25-17-5-7-20(24)16(9-17)10-26-11-18(12-26)29-22(27)28/h4-9,13,18,21,25H,10-12H2,1-3H3,(H,27,28)/t21-/m1/s1. The van der Waals surface area contributed by atoms with Crippen molar-refractivity contribution in [2.45, 2.75) is 39.5 Å². The summed E-state index contributed by atoms with van der Waals surface area (Å²) in [6.45, 7) is 8.19. The molecule has 1 heterocycles. The molecule has 5 nitrogen and oxygen atoms in total. The van der Waals surface area contributed by atoms with Crippen molar-refractivity contribution in [2.24, 2.45) is 5.92 Å². The summed E-state index contributed by atoms with van der Waals surface area (Å²) < 4.78 is 4.77. The molecule has 1 fully saturated rings. The number of nitrogens with zero attached hydrogens (tertiary/aromatic N) is 1. The number of aryl methyl sites for hydroxylation is 1. The van der Waals surface area contributed by atoms with E-state index >= 15 is 0 Å². The molecule has 2 N–H and O–H groups in total. The lowest BCUT2D eigenvalue weighted by atomic mass is 9.94. The van der Waals surface area contributed by atoms with E-state index < -0.39 is 6.16 Å². The SMILES string of the molecule is Cc1cc([C@H](Nc2ccc(Cl)c(CN3CC(OC(=O)O)C3)c2)C(C)C)ccc1Cl. The average molecular weight is 437 g/mol. The summed E-state index contributed by atoms with van der Waals surface area (Å²) in [5.74, 6) is 0.374. The lowest BCUT2D eigenvalue weighted by Gasteiger charge is -2.37. The van der Waals surface area contributed by atoms with E-state index in [2.05, 4.69) is 42.3 Å². The van der Waals surface area contributed by atoms with Gasteiger partial charge in [0.1, 0.15) is 6.10 Å². The van der Waals surface area contributed by atoms with Crippen molar-refractivity contribution in [1.29, 1.82) is 0 Å². The number of benzene rings is 2. The third kappa shape index (κ3) is 5.56. The maximum absolute atomic E-state index is 10.6. The third-order valence-corrected chi connectivity index (χ3v) is 5.95. The lowest BCUT2D eigenvalue weighted by Crippen LogP contribution is -2.52. The van der Waals surface area contributed by atoms with Crippen molar-refractivity contribution < 1.29 is 14.6 Å². The second-order valence-corrected chi connectivity index (χ2v) is 8.70. The predicted molar refractivity (Wildman–Crippen MR) is 117 cm³/mol. The van der Waals surface area contributed by atoms with Crippen LogP contribution in [0.1, 0.15) is 36.6 Å². The van der Waals surface area contributed by atoms with Gasteiger partial charge in [-0.1, -0.05) is 49.2 Å². The second kappa shape index (κ2) is 9.24. The number of nitrogens with one attached hydrogen (secondary N) is 1. The van der Waals surface area contributed by atoms with Crippen LogP contribution in [0.3, 0.4) is 0 Å². The van der Waals surface area contributed by atoms with Gasteiger partial charge in [0.15, 0.2) is 0 Å². The molecule has 1 aliphatic heterocycles. The fraction of sp³-hybridized carbons (Fsp3) is 0.409. The van der Waals surface area contributed by atoms with Crippen molar-refractivity contribution in [3.05, 3.63) is 63.1 Å². The first-order valence-electron chi connectivity index (χ1n) is 9.66. The zero-order valence-electron chi connectivity index (χ0n) is 16.8.